The molecule has 0 fully saturated rings. The quantitative estimate of drug-likeness (QED) is 0.344. The van der Waals surface area contributed by atoms with Crippen LogP contribution in [0.5, 0.6) is 17.2 Å². The molecule has 0 radical (unpaired) electrons. The van der Waals surface area contributed by atoms with Crippen LogP contribution in [0, 0.1) is 11.6 Å². The number of nitrogens with zero attached hydrogens (tertiary/aromatic N) is 1. The maximum Gasteiger partial charge on any atom is 0.387 e. The Bertz CT molecular complexity index is 1140. The number of aryl methyl sites for hydroxylation is 1. The van der Waals surface area contributed by atoms with Crippen molar-refractivity contribution in [3.05, 3.63) is 70.6 Å². The van der Waals surface area contributed by atoms with Gasteiger partial charge in [0.1, 0.15) is 11.6 Å². The number of ether oxygens (including phenoxy) is 2. The highest BCUT2D eigenvalue weighted by molar-refractivity contribution is 8.00. The van der Waals surface area contributed by atoms with Crippen LogP contribution in [0.4, 0.5) is 23.2 Å². The number of pyridine rings is 1. The van der Waals surface area contributed by atoms with Crippen molar-refractivity contribution < 1.29 is 27.0 Å². The molecule has 0 amide bonds. The number of halogens is 4. The Balaban J connectivity index is 2.12. The highest BCUT2D eigenvalue weighted by Gasteiger charge is 2.17. The maximum absolute atomic E-state index is 14.1. The van der Waals surface area contributed by atoms with E-state index in [4.69, 9.17) is 4.74 Å². The number of aromatic nitrogens is 1. The highest BCUT2D eigenvalue weighted by atomic mass is 32.2. The SMILES string of the molecule is CCSNc1ccc(Oc2ccc(F)cc2F)c(-c2cc(OC(F)F)c(=O)n(C)c2)c1. The van der Waals surface area contributed by atoms with Crippen LogP contribution in [0.2, 0.25) is 0 Å². The molecule has 0 bridgehead atoms. The fourth-order valence-corrected chi connectivity index (χ4v) is 3.19. The Morgan fingerprint density at radius 1 is 1.06 bits per heavy atom. The molecule has 0 atom stereocenters. The van der Waals surface area contributed by atoms with Gasteiger partial charge in [-0.2, -0.15) is 8.78 Å². The summed E-state index contributed by atoms with van der Waals surface area (Å²) in [5, 5.41) is 0. The lowest BCUT2D eigenvalue weighted by Gasteiger charge is -2.16. The minimum absolute atomic E-state index is 0.166. The minimum atomic E-state index is -3.18. The Morgan fingerprint density at radius 2 is 1.81 bits per heavy atom. The van der Waals surface area contributed by atoms with Crippen molar-refractivity contribution in [3.8, 4) is 28.4 Å². The van der Waals surface area contributed by atoms with Crippen LogP contribution in [0.1, 0.15) is 6.92 Å². The molecular weight excluding hydrogens is 436 g/mol. The molecule has 3 aromatic rings. The number of hydrogen-bond donors (Lipinski definition) is 1. The first-order valence-electron chi connectivity index (χ1n) is 9.09. The lowest BCUT2D eigenvalue weighted by atomic mass is 10.1. The van der Waals surface area contributed by atoms with Crippen molar-refractivity contribution in [1.29, 1.82) is 0 Å². The van der Waals surface area contributed by atoms with Crippen molar-refractivity contribution in [3.63, 3.8) is 0 Å². The third-order valence-corrected chi connectivity index (χ3v) is 4.77. The molecule has 0 aliphatic rings. The third-order valence-electron chi connectivity index (χ3n) is 4.11. The molecule has 0 aliphatic heterocycles. The second kappa shape index (κ2) is 9.78. The lowest BCUT2D eigenvalue weighted by Crippen LogP contribution is -2.20. The predicted molar refractivity (Wildman–Crippen MR) is 112 cm³/mol. The molecule has 1 aromatic heterocycles. The molecule has 0 saturated carbocycles. The minimum Gasteiger partial charge on any atom is -0.454 e. The Hall–Kier alpha value is -3.14. The van der Waals surface area contributed by atoms with Gasteiger partial charge < -0.3 is 18.8 Å². The molecule has 0 spiro atoms. The van der Waals surface area contributed by atoms with Crippen LogP contribution >= 0.6 is 11.9 Å². The molecule has 2 aromatic carbocycles. The predicted octanol–water partition coefficient (Wildman–Crippen LogP) is 5.80. The molecule has 5 nitrogen and oxygen atoms in total. The van der Waals surface area contributed by atoms with Crippen molar-refractivity contribution in [2.75, 3.05) is 10.5 Å². The van der Waals surface area contributed by atoms with Gasteiger partial charge in [-0.1, -0.05) is 18.9 Å². The first kappa shape index (κ1) is 22.5. The summed E-state index contributed by atoms with van der Waals surface area (Å²) in [6.45, 7) is -1.23. The molecule has 0 unspecified atom stereocenters. The van der Waals surface area contributed by atoms with Crippen LogP contribution in [-0.2, 0) is 7.05 Å². The van der Waals surface area contributed by atoms with Gasteiger partial charge in [0.15, 0.2) is 17.3 Å². The average Bonchev–Trinajstić information content (AvgIpc) is 2.72. The zero-order valence-corrected chi connectivity index (χ0v) is 17.3. The average molecular weight is 454 g/mol. The van der Waals surface area contributed by atoms with E-state index in [1.54, 1.807) is 18.2 Å². The fraction of sp³-hybridized carbons (Fsp3) is 0.190. The largest absolute Gasteiger partial charge is 0.454 e. The number of alkyl halides is 2. The summed E-state index contributed by atoms with van der Waals surface area (Å²) in [5.74, 6) is -1.49. The van der Waals surface area contributed by atoms with Gasteiger partial charge in [0, 0.05) is 41.9 Å². The number of hydrogen-bond acceptors (Lipinski definition) is 5. The second-order valence-corrected chi connectivity index (χ2v) is 7.38. The zero-order valence-electron chi connectivity index (χ0n) is 16.5. The van der Waals surface area contributed by atoms with E-state index in [0.29, 0.717) is 22.9 Å². The smallest absolute Gasteiger partial charge is 0.387 e. The Morgan fingerprint density at radius 3 is 2.48 bits per heavy atom. The van der Waals surface area contributed by atoms with Crippen LogP contribution in [0.25, 0.3) is 11.1 Å². The zero-order chi connectivity index (χ0) is 22.5. The molecule has 0 saturated heterocycles. The lowest BCUT2D eigenvalue weighted by molar-refractivity contribution is -0.0510. The number of nitrogens with one attached hydrogen (secondary N) is 1. The van der Waals surface area contributed by atoms with Gasteiger partial charge in [-0.05, 0) is 36.4 Å². The summed E-state index contributed by atoms with van der Waals surface area (Å²) in [6.07, 6.45) is 1.42. The molecule has 31 heavy (non-hydrogen) atoms. The van der Waals surface area contributed by atoms with E-state index in [1.807, 2.05) is 6.92 Å². The Labute approximate surface area is 179 Å². The number of anilines is 1. The molecule has 3 rings (SSSR count). The number of rotatable bonds is 8. The van der Waals surface area contributed by atoms with E-state index in [0.717, 1.165) is 28.5 Å². The molecule has 1 N–H and O–H groups in total. The summed E-state index contributed by atoms with van der Waals surface area (Å²) < 4.78 is 67.0. The van der Waals surface area contributed by atoms with E-state index < -0.39 is 29.6 Å². The van der Waals surface area contributed by atoms with Gasteiger partial charge in [0.25, 0.3) is 5.56 Å². The van der Waals surface area contributed by atoms with E-state index in [9.17, 15) is 22.4 Å². The van der Waals surface area contributed by atoms with Crippen molar-refractivity contribution >= 4 is 17.6 Å². The first-order valence-corrected chi connectivity index (χ1v) is 10.1. The van der Waals surface area contributed by atoms with E-state index >= 15 is 0 Å². The van der Waals surface area contributed by atoms with E-state index in [2.05, 4.69) is 9.46 Å². The van der Waals surface area contributed by atoms with Gasteiger partial charge >= 0.3 is 6.61 Å². The molecule has 0 aliphatic carbocycles. The van der Waals surface area contributed by atoms with Gasteiger partial charge in [-0.15, -0.1) is 0 Å². The summed E-state index contributed by atoms with van der Waals surface area (Å²) in [4.78, 5) is 12.1. The van der Waals surface area contributed by atoms with Crippen LogP contribution in [0.15, 0.2) is 53.5 Å². The fourth-order valence-electron chi connectivity index (χ4n) is 2.75. The van der Waals surface area contributed by atoms with Crippen LogP contribution in [0.3, 0.4) is 0 Å². The standard InChI is InChI=1S/C21H18F4N2O3S/c1-3-31-26-14-5-7-17(29-18-6-4-13(22)9-16(18)23)15(10-14)12-8-19(30-21(24)25)20(28)27(2)11-12/h4-11,21,26H,3H2,1-2H3. The first-order chi connectivity index (χ1) is 14.8. The van der Waals surface area contributed by atoms with Gasteiger partial charge in [0.05, 0.1) is 0 Å². The van der Waals surface area contributed by atoms with Gasteiger partial charge in [-0.25, -0.2) is 8.78 Å². The van der Waals surface area contributed by atoms with Crippen molar-refractivity contribution in [1.82, 2.24) is 4.57 Å². The molecule has 164 valence electrons. The van der Waals surface area contributed by atoms with Crippen LogP contribution in [-0.4, -0.2) is 16.9 Å². The summed E-state index contributed by atoms with van der Waals surface area (Å²) in [5.41, 5.74) is 0.617. The summed E-state index contributed by atoms with van der Waals surface area (Å²) in [7, 11) is 1.39. The summed E-state index contributed by atoms with van der Waals surface area (Å²) in [6, 6.07) is 8.92. The molecular formula is C21H18F4N2O3S. The van der Waals surface area contributed by atoms with Gasteiger partial charge in [-0.3, -0.25) is 4.79 Å². The third kappa shape index (κ3) is 5.52. The van der Waals surface area contributed by atoms with E-state index in [1.165, 1.54) is 25.2 Å². The monoisotopic (exact) mass is 454 g/mol. The second-order valence-electron chi connectivity index (χ2n) is 6.31. The van der Waals surface area contributed by atoms with Crippen molar-refractivity contribution in [2.24, 2.45) is 7.05 Å². The highest BCUT2D eigenvalue weighted by Crippen LogP contribution is 2.37. The molecule has 10 heteroatoms. The van der Waals surface area contributed by atoms with E-state index in [-0.39, 0.29) is 11.5 Å². The van der Waals surface area contributed by atoms with Crippen LogP contribution < -0.4 is 19.8 Å². The maximum atomic E-state index is 14.1. The number of benzene rings is 2. The summed E-state index contributed by atoms with van der Waals surface area (Å²) >= 11 is 1.42. The van der Waals surface area contributed by atoms with Gasteiger partial charge in [0.2, 0.25) is 0 Å². The topological polar surface area (TPSA) is 52.5 Å². The Kier molecular flexibility index (Phi) is 7.11. The normalized spacial score (nSPS) is 10.9. The van der Waals surface area contributed by atoms with Crippen molar-refractivity contribution in [2.45, 2.75) is 13.5 Å². The molecule has 1 heterocycles.